The minimum atomic E-state index is -0.468. The first-order chi connectivity index (χ1) is 9.58. The van der Waals surface area contributed by atoms with E-state index < -0.39 is 5.82 Å². The summed E-state index contributed by atoms with van der Waals surface area (Å²) in [5.74, 6) is -0.658. The molecule has 0 radical (unpaired) electrons. The van der Waals surface area contributed by atoms with Crippen LogP contribution in [0.25, 0.3) is 0 Å². The van der Waals surface area contributed by atoms with Crippen molar-refractivity contribution in [3.8, 4) is 0 Å². The van der Waals surface area contributed by atoms with Crippen LogP contribution >= 0.6 is 0 Å². The van der Waals surface area contributed by atoms with E-state index in [4.69, 9.17) is 10.9 Å². The van der Waals surface area contributed by atoms with Crippen LogP contribution in [0, 0.1) is 5.82 Å². The Labute approximate surface area is 118 Å². The number of nitrogens with zero attached hydrogens (tertiary/aromatic N) is 3. The predicted octanol–water partition coefficient (Wildman–Crippen LogP) is 1.45. The number of oxime groups is 1. The Hall–Kier alpha value is -1.82. The van der Waals surface area contributed by atoms with Gasteiger partial charge in [-0.25, -0.2) is 4.39 Å². The number of benzene rings is 1. The number of nitrogens with two attached hydrogens (primary N) is 1. The molecule has 1 aliphatic rings. The predicted molar refractivity (Wildman–Crippen MR) is 77.8 cm³/mol. The summed E-state index contributed by atoms with van der Waals surface area (Å²) in [4.78, 5) is 4.41. The molecule has 0 aliphatic carbocycles. The van der Waals surface area contributed by atoms with Gasteiger partial charge >= 0.3 is 0 Å². The third kappa shape index (κ3) is 2.70. The van der Waals surface area contributed by atoms with Crippen molar-refractivity contribution < 1.29 is 9.60 Å². The fraction of sp³-hybridized carbons (Fsp3) is 0.500. The number of halogens is 1. The number of piperazine rings is 1. The average molecular weight is 280 g/mol. The van der Waals surface area contributed by atoms with Gasteiger partial charge in [0.25, 0.3) is 0 Å². The van der Waals surface area contributed by atoms with Crippen LogP contribution in [0.1, 0.15) is 18.9 Å². The van der Waals surface area contributed by atoms with E-state index in [-0.39, 0.29) is 11.4 Å². The second-order valence-electron chi connectivity index (χ2n) is 5.11. The molecule has 0 bridgehead atoms. The van der Waals surface area contributed by atoms with E-state index in [1.165, 1.54) is 6.07 Å². The van der Waals surface area contributed by atoms with Gasteiger partial charge in [-0.3, -0.25) is 4.90 Å². The normalized spacial score (nSPS) is 21.2. The summed E-state index contributed by atoms with van der Waals surface area (Å²) in [5.41, 5.74) is 6.48. The Morgan fingerprint density at radius 3 is 2.90 bits per heavy atom. The molecular weight excluding hydrogens is 259 g/mol. The van der Waals surface area contributed by atoms with Gasteiger partial charge in [0.2, 0.25) is 0 Å². The lowest BCUT2D eigenvalue weighted by Crippen LogP contribution is -2.51. The third-order valence-electron chi connectivity index (χ3n) is 3.94. The molecule has 20 heavy (non-hydrogen) atoms. The molecule has 110 valence electrons. The quantitative estimate of drug-likeness (QED) is 0.381. The highest BCUT2D eigenvalue weighted by Gasteiger charge is 2.26. The topological polar surface area (TPSA) is 65.1 Å². The highest BCUT2D eigenvalue weighted by Crippen LogP contribution is 2.26. The second kappa shape index (κ2) is 6.09. The molecule has 1 fully saturated rings. The van der Waals surface area contributed by atoms with Gasteiger partial charge in [-0.05, 0) is 25.6 Å². The van der Waals surface area contributed by atoms with Crippen LogP contribution in [0.3, 0.4) is 0 Å². The Kier molecular flexibility index (Phi) is 4.44. The van der Waals surface area contributed by atoms with E-state index >= 15 is 0 Å². The summed E-state index contributed by atoms with van der Waals surface area (Å²) in [7, 11) is 2.10. The lowest BCUT2D eigenvalue weighted by Gasteiger charge is -2.41. The fourth-order valence-electron chi connectivity index (χ4n) is 2.69. The molecule has 0 saturated carbocycles. The molecule has 0 amide bonds. The van der Waals surface area contributed by atoms with E-state index in [0.29, 0.717) is 11.7 Å². The maximum Gasteiger partial charge on any atom is 0.175 e. The fourth-order valence-corrected chi connectivity index (χ4v) is 2.69. The van der Waals surface area contributed by atoms with Gasteiger partial charge < -0.3 is 15.8 Å². The van der Waals surface area contributed by atoms with Gasteiger partial charge in [0, 0.05) is 25.7 Å². The number of likely N-dealkylation sites (N-methyl/N-ethyl adjacent to an activating group) is 1. The molecule has 2 rings (SSSR count). The van der Waals surface area contributed by atoms with E-state index in [9.17, 15) is 4.39 Å². The van der Waals surface area contributed by atoms with Crippen LogP contribution in [0.15, 0.2) is 23.4 Å². The van der Waals surface area contributed by atoms with E-state index in [0.717, 1.165) is 26.1 Å². The first-order valence-corrected chi connectivity index (χ1v) is 6.80. The van der Waals surface area contributed by atoms with Gasteiger partial charge in [-0.1, -0.05) is 18.1 Å². The number of anilines is 1. The zero-order valence-corrected chi connectivity index (χ0v) is 11.9. The second-order valence-corrected chi connectivity index (χ2v) is 5.11. The van der Waals surface area contributed by atoms with Crippen molar-refractivity contribution >= 4 is 11.5 Å². The molecule has 0 spiro atoms. The van der Waals surface area contributed by atoms with Crippen molar-refractivity contribution in [1.82, 2.24) is 4.90 Å². The van der Waals surface area contributed by atoms with Crippen molar-refractivity contribution in [2.24, 2.45) is 10.9 Å². The molecule has 5 nitrogen and oxygen atoms in total. The number of rotatable bonds is 3. The average Bonchev–Trinajstić information content (AvgIpc) is 2.46. The molecule has 1 saturated heterocycles. The molecular formula is C14H21FN4O. The summed E-state index contributed by atoms with van der Waals surface area (Å²) in [5, 5.41) is 11.8. The van der Waals surface area contributed by atoms with Crippen molar-refractivity contribution in [3.63, 3.8) is 0 Å². The van der Waals surface area contributed by atoms with Gasteiger partial charge in [0.15, 0.2) is 5.84 Å². The van der Waals surface area contributed by atoms with Gasteiger partial charge in [-0.15, -0.1) is 0 Å². The SMILES string of the molecule is CCC1CN(c2cccc(F)c2C(N)=NO)CCN1C. The van der Waals surface area contributed by atoms with E-state index in [1.807, 2.05) is 6.07 Å². The maximum atomic E-state index is 14.0. The molecule has 0 aromatic heterocycles. The molecule has 1 aromatic carbocycles. The molecule has 1 heterocycles. The summed E-state index contributed by atoms with van der Waals surface area (Å²) in [6, 6.07) is 5.21. The molecule has 1 aromatic rings. The first kappa shape index (κ1) is 14.6. The zero-order chi connectivity index (χ0) is 14.7. The highest BCUT2D eigenvalue weighted by atomic mass is 19.1. The van der Waals surface area contributed by atoms with Crippen LogP contribution in [0.5, 0.6) is 0 Å². The monoisotopic (exact) mass is 280 g/mol. The largest absolute Gasteiger partial charge is 0.409 e. The van der Waals surface area contributed by atoms with Crippen LogP contribution in [0.2, 0.25) is 0 Å². The van der Waals surface area contributed by atoms with E-state index in [1.54, 1.807) is 6.07 Å². The Bertz CT molecular complexity index is 506. The molecule has 3 N–H and O–H groups in total. The first-order valence-electron chi connectivity index (χ1n) is 6.80. The van der Waals surface area contributed by atoms with Crippen LogP contribution in [0.4, 0.5) is 10.1 Å². The minimum absolute atomic E-state index is 0.175. The standard InChI is InChI=1S/C14H21FN4O/c1-3-10-9-19(8-7-18(10)2)12-6-4-5-11(15)13(12)14(16)17-20/h4-6,10,20H,3,7-9H2,1-2H3,(H2,16,17). The Morgan fingerprint density at radius 2 is 2.25 bits per heavy atom. The number of amidine groups is 1. The van der Waals surface area contributed by atoms with Gasteiger partial charge in [-0.2, -0.15) is 0 Å². The summed E-state index contributed by atoms with van der Waals surface area (Å²) >= 11 is 0. The molecule has 6 heteroatoms. The van der Waals surface area contributed by atoms with Crippen molar-refractivity contribution in [2.45, 2.75) is 19.4 Å². The highest BCUT2D eigenvalue weighted by molar-refractivity contribution is 6.02. The smallest absolute Gasteiger partial charge is 0.175 e. The molecule has 1 aliphatic heterocycles. The molecule has 1 atom stereocenters. The lowest BCUT2D eigenvalue weighted by atomic mass is 10.1. The molecule has 1 unspecified atom stereocenters. The summed E-state index contributed by atoms with van der Waals surface area (Å²) in [6.07, 6.45) is 1.03. The van der Waals surface area contributed by atoms with Gasteiger partial charge in [0.1, 0.15) is 5.82 Å². The van der Waals surface area contributed by atoms with Gasteiger partial charge in [0.05, 0.1) is 11.3 Å². The Morgan fingerprint density at radius 1 is 1.50 bits per heavy atom. The van der Waals surface area contributed by atoms with Crippen molar-refractivity contribution in [2.75, 3.05) is 31.6 Å². The maximum absolute atomic E-state index is 14.0. The Balaban J connectivity index is 2.36. The van der Waals surface area contributed by atoms with Crippen molar-refractivity contribution in [1.29, 1.82) is 0 Å². The zero-order valence-electron chi connectivity index (χ0n) is 11.9. The number of hydrogen-bond acceptors (Lipinski definition) is 4. The van der Waals surface area contributed by atoms with Crippen LogP contribution in [-0.2, 0) is 0 Å². The van der Waals surface area contributed by atoms with Crippen LogP contribution < -0.4 is 10.6 Å². The van der Waals surface area contributed by atoms with Crippen LogP contribution in [-0.4, -0.2) is 48.7 Å². The third-order valence-corrected chi connectivity index (χ3v) is 3.94. The van der Waals surface area contributed by atoms with Crippen molar-refractivity contribution in [3.05, 3.63) is 29.6 Å². The summed E-state index contributed by atoms with van der Waals surface area (Å²) in [6.45, 7) is 4.65. The number of hydrogen-bond donors (Lipinski definition) is 2. The minimum Gasteiger partial charge on any atom is -0.409 e. The summed E-state index contributed by atoms with van der Waals surface area (Å²) < 4.78 is 14.0. The van der Waals surface area contributed by atoms with E-state index in [2.05, 4.69) is 28.9 Å². The lowest BCUT2D eigenvalue weighted by molar-refractivity contribution is 0.213.